The lowest BCUT2D eigenvalue weighted by Crippen LogP contribution is -2.52. The summed E-state index contributed by atoms with van der Waals surface area (Å²) in [5.41, 5.74) is 0.814. The van der Waals surface area contributed by atoms with Crippen molar-refractivity contribution < 1.29 is 14.3 Å². The molecule has 22 heavy (non-hydrogen) atoms. The lowest BCUT2D eigenvalue weighted by molar-refractivity contribution is -0.168. The summed E-state index contributed by atoms with van der Waals surface area (Å²) in [7, 11) is 0. The number of carbonyl (C=O) groups excluding carboxylic acids is 2. The average molecular weight is 301 g/mol. The maximum Gasteiger partial charge on any atom is 0.313 e. The first kappa shape index (κ1) is 14.7. The molecule has 1 N–H and O–H groups in total. The second-order valence-electron chi connectivity index (χ2n) is 6.63. The largest absolute Gasteiger partial charge is 0.448 e. The number of esters is 1. The number of hydrogen-bond acceptors (Lipinski definition) is 5. The number of rotatable bonds is 3. The molecule has 3 rings (SSSR count). The number of amides is 1. The number of pyridine rings is 1. The van der Waals surface area contributed by atoms with Gasteiger partial charge in [0.05, 0.1) is 17.3 Å². The number of nitrogens with one attached hydrogen (secondary N) is 1. The van der Waals surface area contributed by atoms with Gasteiger partial charge in [0.2, 0.25) is 0 Å². The van der Waals surface area contributed by atoms with E-state index in [1.807, 2.05) is 26.8 Å². The van der Waals surface area contributed by atoms with E-state index in [9.17, 15) is 9.59 Å². The van der Waals surface area contributed by atoms with Gasteiger partial charge in [0.25, 0.3) is 5.91 Å². The molecule has 1 aliphatic heterocycles. The van der Waals surface area contributed by atoms with Crippen molar-refractivity contribution in [2.45, 2.75) is 39.2 Å². The Hall–Kier alpha value is -2.24. The minimum atomic E-state index is -1.14. The van der Waals surface area contributed by atoms with Crippen LogP contribution in [-0.4, -0.2) is 28.7 Å². The van der Waals surface area contributed by atoms with Gasteiger partial charge in [-0.25, -0.2) is 5.43 Å². The van der Waals surface area contributed by atoms with E-state index < -0.39 is 16.4 Å². The molecule has 2 fully saturated rings. The van der Waals surface area contributed by atoms with Crippen LogP contribution in [0.4, 0.5) is 0 Å². The van der Waals surface area contributed by atoms with Gasteiger partial charge in [0.1, 0.15) is 0 Å². The maximum atomic E-state index is 12.6. The molecular formula is C16H19N3O3. The monoisotopic (exact) mass is 301 g/mol. The van der Waals surface area contributed by atoms with E-state index in [1.165, 1.54) is 6.21 Å². The van der Waals surface area contributed by atoms with Crippen molar-refractivity contribution in [3.63, 3.8) is 0 Å². The number of nitrogens with zero attached hydrogens (tertiary/aromatic N) is 2. The first-order chi connectivity index (χ1) is 10.3. The molecule has 1 saturated heterocycles. The number of hydrazone groups is 1. The van der Waals surface area contributed by atoms with Crippen LogP contribution in [0.25, 0.3) is 0 Å². The Morgan fingerprint density at radius 3 is 2.68 bits per heavy atom. The van der Waals surface area contributed by atoms with Gasteiger partial charge in [-0.2, -0.15) is 5.10 Å². The lowest BCUT2D eigenvalue weighted by Gasteiger charge is -2.34. The molecule has 116 valence electrons. The standard InChI is InChI=1S/C16H19N3O3/c1-14(2)15(3)7-8-16(14,22-13(15)21)12(20)19-18-10-11-6-4-5-9-17-11/h4-6,9-10H,7-8H2,1-3H3,(H,19,20). The molecule has 1 aromatic rings. The van der Waals surface area contributed by atoms with E-state index in [-0.39, 0.29) is 11.9 Å². The fraction of sp³-hybridized carbons (Fsp3) is 0.500. The molecule has 2 atom stereocenters. The molecule has 1 aliphatic carbocycles. The Balaban J connectivity index is 1.78. The minimum Gasteiger partial charge on any atom is -0.448 e. The molecule has 0 radical (unpaired) electrons. The van der Waals surface area contributed by atoms with Crippen LogP contribution < -0.4 is 5.43 Å². The molecule has 0 spiro atoms. The van der Waals surface area contributed by atoms with Crippen molar-refractivity contribution in [2.24, 2.45) is 15.9 Å². The second kappa shape index (κ2) is 4.63. The number of aromatic nitrogens is 1. The number of fused-ring (bicyclic) bond motifs is 2. The second-order valence-corrected chi connectivity index (χ2v) is 6.63. The van der Waals surface area contributed by atoms with Gasteiger partial charge in [-0.3, -0.25) is 14.6 Å². The molecular weight excluding hydrogens is 282 g/mol. The van der Waals surface area contributed by atoms with E-state index >= 15 is 0 Å². The molecule has 1 amide bonds. The molecule has 2 unspecified atom stereocenters. The Morgan fingerprint density at radius 2 is 2.14 bits per heavy atom. The van der Waals surface area contributed by atoms with Crippen molar-refractivity contribution in [1.82, 2.24) is 10.4 Å². The summed E-state index contributed by atoms with van der Waals surface area (Å²) in [6.45, 7) is 5.69. The van der Waals surface area contributed by atoms with Crippen LogP contribution in [0.1, 0.15) is 39.3 Å². The summed E-state index contributed by atoms with van der Waals surface area (Å²) in [6.07, 6.45) is 4.28. The zero-order chi connectivity index (χ0) is 16.0. The SMILES string of the molecule is CC12CCC(C(=O)NN=Cc3ccccn3)(OC1=O)C2(C)C. The van der Waals surface area contributed by atoms with Crippen LogP contribution in [0.15, 0.2) is 29.5 Å². The maximum absolute atomic E-state index is 12.6. The first-order valence-electron chi connectivity index (χ1n) is 7.31. The van der Waals surface area contributed by atoms with Crippen LogP contribution in [0, 0.1) is 10.8 Å². The summed E-state index contributed by atoms with van der Waals surface area (Å²) < 4.78 is 5.49. The zero-order valence-electron chi connectivity index (χ0n) is 12.9. The van der Waals surface area contributed by atoms with Crippen LogP contribution >= 0.6 is 0 Å². The highest BCUT2D eigenvalue weighted by atomic mass is 16.6. The van der Waals surface area contributed by atoms with Crippen LogP contribution in [0.3, 0.4) is 0 Å². The van der Waals surface area contributed by atoms with E-state index in [0.717, 1.165) is 0 Å². The molecule has 6 nitrogen and oxygen atoms in total. The summed E-state index contributed by atoms with van der Waals surface area (Å²) >= 11 is 0. The van der Waals surface area contributed by atoms with Crippen LogP contribution in [0.5, 0.6) is 0 Å². The Morgan fingerprint density at radius 1 is 1.36 bits per heavy atom. The van der Waals surface area contributed by atoms with Gasteiger partial charge in [0.15, 0.2) is 5.60 Å². The van der Waals surface area contributed by atoms with Gasteiger partial charge in [-0.05, 0) is 31.9 Å². The lowest BCUT2D eigenvalue weighted by atomic mass is 9.66. The highest BCUT2D eigenvalue weighted by Crippen LogP contribution is 2.65. The summed E-state index contributed by atoms with van der Waals surface area (Å²) in [6, 6.07) is 5.41. The topological polar surface area (TPSA) is 80.7 Å². The average Bonchev–Trinajstić information content (AvgIpc) is 2.78. The molecule has 0 aromatic carbocycles. The summed E-state index contributed by atoms with van der Waals surface area (Å²) in [5.74, 6) is -0.674. The first-order valence-corrected chi connectivity index (χ1v) is 7.31. The number of ether oxygens (including phenoxy) is 1. The van der Waals surface area contributed by atoms with Gasteiger partial charge in [0, 0.05) is 11.6 Å². The number of hydrogen-bond donors (Lipinski definition) is 1. The highest BCUT2D eigenvalue weighted by Gasteiger charge is 2.75. The predicted molar refractivity (Wildman–Crippen MR) is 79.9 cm³/mol. The van der Waals surface area contributed by atoms with Crippen LogP contribution in [0.2, 0.25) is 0 Å². The quantitative estimate of drug-likeness (QED) is 0.523. The molecule has 6 heteroatoms. The molecule has 2 bridgehead atoms. The van der Waals surface area contributed by atoms with E-state index in [4.69, 9.17) is 4.74 Å². The third-order valence-electron chi connectivity index (χ3n) is 5.50. The van der Waals surface area contributed by atoms with Crippen molar-refractivity contribution >= 4 is 18.1 Å². The smallest absolute Gasteiger partial charge is 0.313 e. The van der Waals surface area contributed by atoms with Crippen molar-refractivity contribution in [1.29, 1.82) is 0 Å². The van der Waals surface area contributed by atoms with Crippen molar-refractivity contribution in [3.8, 4) is 0 Å². The highest BCUT2D eigenvalue weighted by molar-refractivity contribution is 5.96. The molecule has 1 saturated carbocycles. The zero-order valence-corrected chi connectivity index (χ0v) is 12.9. The molecule has 2 aliphatic rings. The number of carbonyl (C=O) groups is 2. The van der Waals surface area contributed by atoms with Gasteiger partial charge in [-0.1, -0.05) is 19.9 Å². The van der Waals surface area contributed by atoms with Crippen molar-refractivity contribution in [2.75, 3.05) is 0 Å². The normalized spacial score (nSPS) is 32.2. The summed E-state index contributed by atoms with van der Waals surface area (Å²) in [4.78, 5) is 28.8. The third kappa shape index (κ3) is 1.73. The third-order valence-corrected chi connectivity index (χ3v) is 5.50. The fourth-order valence-electron chi connectivity index (χ4n) is 3.45. The van der Waals surface area contributed by atoms with E-state index in [2.05, 4.69) is 15.5 Å². The van der Waals surface area contributed by atoms with Crippen molar-refractivity contribution in [3.05, 3.63) is 30.1 Å². The summed E-state index contributed by atoms with van der Waals surface area (Å²) in [5, 5.41) is 3.93. The van der Waals surface area contributed by atoms with Gasteiger partial charge >= 0.3 is 5.97 Å². The Kier molecular flexibility index (Phi) is 3.09. The molecule has 1 aromatic heterocycles. The van der Waals surface area contributed by atoms with E-state index in [1.54, 1.807) is 18.3 Å². The Labute approximate surface area is 129 Å². The Bertz CT molecular complexity index is 656. The van der Waals surface area contributed by atoms with Gasteiger partial charge in [-0.15, -0.1) is 0 Å². The fourth-order valence-corrected chi connectivity index (χ4v) is 3.45. The van der Waals surface area contributed by atoms with Crippen LogP contribution in [-0.2, 0) is 14.3 Å². The van der Waals surface area contributed by atoms with E-state index in [0.29, 0.717) is 18.5 Å². The van der Waals surface area contributed by atoms with Gasteiger partial charge < -0.3 is 4.74 Å². The molecule has 2 heterocycles. The predicted octanol–water partition coefficient (Wildman–Crippen LogP) is 1.65. The minimum absolute atomic E-state index is 0.299.